The zero-order valence-corrected chi connectivity index (χ0v) is 7.15. The third-order valence-corrected chi connectivity index (χ3v) is 1.47. The summed E-state index contributed by atoms with van der Waals surface area (Å²) in [7, 11) is 1.34. The van der Waals surface area contributed by atoms with Crippen LogP contribution in [0, 0.1) is 6.08 Å². The van der Waals surface area contributed by atoms with Crippen LogP contribution in [0.2, 0.25) is 0 Å². The third-order valence-electron chi connectivity index (χ3n) is 1.47. The minimum Gasteiger partial charge on any atom is -0.464 e. The van der Waals surface area contributed by atoms with E-state index >= 15 is 0 Å². The summed E-state index contributed by atoms with van der Waals surface area (Å²) >= 11 is 0. The second-order valence-electron chi connectivity index (χ2n) is 2.38. The van der Waals surface area contributed by atoms with Crippen LogP contribution in [0.4, 0.5) is 0 Å². The maximum absolute atomic E-state index is 10.4. The molecule has 0 amide bonds. The van der Waals surface area contributed by atoms with Crippen molar-refractivity contribution >= 4 is 6.29 Å². The topological polar surface area (TPSA) is 46.5 Å². The maximum atomic E-state index is 10.4. The quantitative estimate of drug-likeness (QED) is 0.434. The van der Waals surface area contributed by atoms with Crippen LogP contribution >= 0.6 is 0 Å². The smallest absolute Gasteiger partial charge is 0.400 e. The molecule has 1 aromatic rings. The zero-order valence-electron chi connectivity index (χ0n) is 7.15. The van der Waals surface area contributed by atoms with E-state index in [1.807, 2.05) is 0 Å². The molecular formula is C10H9O3+. The van der Waals surface area contributed by atoms with Gasteiger partial charge in [-0.1, -0.05) is 0 Å². The first-order valence-electron chi connectivity index (χ1n) is 3.68. The number of aliphatic hydroxyl groups excluding tert-OH is 1. The van der Waals surface area contributed by atoms with Crippen molar-refractivity contribution in [1.29, 1.82) is 0 Å². The third kappa shape index (κ3) is 2.58. The number of aldehydes is 1. The van der Waals surface area contributed by atoms with Crippen molar-refractivity contribution in [2.24, 2.45) is 0 Å². The van der Waals surface area contributed by atoms with Crippen LogP contribution in [0.3, 0.4) is 0 Å². The van der Waals surface area contributed by atoms with Gasteiger partial charge in [0.25, 0.3) is 0 Å². The molecule has 3 heteroatoms. The molecule has 0 spiro atoms. The summed E-state index contributed by atoms with van der Waals surface area (Å²) in [4.78, 5) is 10.4. The number of ether oxygens (including phenoxy) is 1. The Labute approximate surface area is 76.3 Å². The first-order valence-corrected chi connectivity index (χ1v) is 3.68. The van der Waals surface area contributed by atoms with Crippen molar-refractivity contribution in [2.45, 2.75) is 0 Å². The minimum absolute atomic E-state index is 0.303. The van der Waals surface area contributed by atoms with Gasteiger partial charge in [0.1, 0.15) is 6.08 Å². The SMILES string of the molecule is COC(O)=[C+]c1cccc(C=O)c1. The van der Waals surface area contributed by atoms with Crippen molar-refractivity contribution in [2.75, 3.05) is 7.11 Å². The number of carbonyl (C=O) groups excluding carboxylic acids is 1. The molecule has 1 rings (SSSR count). The molecular weight excluding hydrogens is 168 g/mol. The molecule has 3 nitrogen and oxygen atoms in total. The van der Waals surface area contributed by atoms with Gasteiger partial charge in [0.05, 0.1) is 24.8 Å². The summed E-state index contributed by atoms with van der Waals surface area (Å²) in [6.45, 7) is 0. The Hall–Kier alpha value is -1.86. The van der Waals surface area contributed by atoms with Gasteiger partial charge in [0, 0.05) is 0 Å². The highest BCUT2D eigenvalue weighted by Gasteiger charge is 2.05. The molecule has 0 aliphatic rings. The second-order valence-corrected chi connectivity index (χ2v) is 2.38. The predicted octanol–water partition coefficient (Wildman–Crippen LogP) is 1.70. The van der Waals surface area contributed by atoms with E-state index in [4.69, 9.17) is 5.11 Å². The van der Waals surface area contributed by atoms with Gasteiger partial charge < -0.3 is 9.84 Å². The fraction of sp³-hybridized carbons (Fsp3) is 0.100. The number of carbonyl (C=O) groups is 1. The van der Waals surface area contributed by atoms with Gasteiger partial charge >= 0.3 is 5.95 Å². The van der Waals surface area contributed by atoms with Crippen molar-refractivity contribution in [3.05, 3.63) is 47.4 Å². The molecule has 0 bridgehead atoms. The molecule has 66 valence electrons. The van der Waals surface area contributed by atoms with Crippen LogP contribution in [-0.4, -0.2) is 18.5 Å². The average Bonchev–Trinajstić information content (AvgIpc) is 2.18. The number of methoxy groups -OCH3 is 1. The zero-order chi connectivity index (χ0) is 9.68. The van der Waals surface area contributed by atoms with Crippen molar-refractivity contribution in [1.82, 2.24) is 0 Å². The van der Waals surface area contributed by atoms with E-state index in [0.29, 0.717) is 11.1 Å². The molecule has 0 fully saturated rings. The maximum Gasteiger partial charge on any atom is 0.400 e. The summed E-state index contributed by atoms with van der Waals surface area (Å²) in [6.07, 6.45) is 3.29. The number of hydrogen-bond donors (Lipinski definition) is 1. The predicted molar refractivity (Wildman–Crippen MR) is 47.3 cm³/mol. The highest BCUT2D eigenvalue weighted by Crippen LogP contribution is 2.05. The van der Waals surface area contributed by atoms with Gasteiger partial charge in [-0.15, -0.1) is 0 Å². The lowest BCUT2D eigenvalue weighted by Gasteiger charge is -1.89. The highest BCUT2D eigenvalue weighted by atomic mass is 16.6. The molecule has 0 saturated carbocycles. The standard InChI is InChI=1S/C10H8O3/c1-13-10(12)6-8-3-2-4-9(5-8)7-11/h2-5,7H,1H3/p+1. The summed E-state index contributed by atoms with van der Waals surface area (Å²) in [6, 6.07) is 6.68. The van der Waals surface area contributed by atoms with Crippen molar-refractivity contribution < 1.29 is 14.6 Å². The lowest BCUT2D eigenvalue weighted by atomic mass is 10.1. The van der Waals surface area contributed by atoms with Gasteiger partial charge in [0.15, 0.2) is 11.8 Å². The van der Waals surface area contributed by atoms with Gasteiger partial charge in [0.2, 0.25) is 0 Å². The Morgan fingerprint density at radius 2 is 2.38 bits per heavy atom. The molecule has 0 radical (unpaired) electrons. The number of rotatable bonds is 3. The molecule has 0 unspecified atom stereocenters. The molecule has 0 saturated heterocycles. The number of benzene rings is 1. The molecule has 0 heterocycles. The van der Waals surface area contributed by atoms with E-state index in [9.17, 15) is 4.79 Å². The van der Waals surface area contributed by atoms with Crippen LogP contribution in [0.25, 0.3) is 0 Å². The van der Waals surface area contributed by atoms with Crippen molar-refractivity contribution in [3.63, 3.8) is 0 Å². The van der Waals surface area contributed by atoms with E-state index in [-0.39, 0.29) is 5.95 Å². The lowest BCUT2D eigenvalue weighted by Crippen LogP contribution is -1.87. The van der Waals surface area contributed by atoms with E-state index in [1.165, 1.54) is 7.11 Å². The molecule has 1 N–H and O–H groups in total. The van der Waals surface area contributed by atoms with Gasteiger partial charge in [-0.25, -0.2) is 0 Å². The summed E-state index contributed by atoms with van der Waals surface area (Å²) in [5.74, 6) is -0.303. The van der Waals surface area contributed by atoms with Crippen molar-refractivity contribution in [3.8, 4) is 0 Å². The molecule has 1 aromatic carbocycles. The monoisotopic (exact) mass is 177 g/mol. The average molecular weight is 177 g/mol. The molecule has 0 aliphatic heterocycles. The van der Waals surface area contributed by atoms with Crippen LogP contribution < -0.4 is 0 Å². The molecule has 13 heavy (non-hydrogen) atoms. The fourth-order valence-electron chi connectivity index (χ4n) is 0.864. The Bertz CT molecular complexity index is 329. The lowest BCUT2D eigenvalue weighted by molar-refractivity contribution is 0.112. The fourth-order valence-corrected chi connectivity index (χ4v) is 0.864. The van der Waals surface area contributed by atoms with Gasteiger partial charge in [-0.05, 0) is 12.1 Å². The largest absolute Gasteiger partial charge is 0.464 e. The van der Waals surface area contributed by atoms with Crippen LogP contribution in [0.15, 0.2) is 30.2 Å². The first kappa shape index (κ1) is 9.23. The Morgan fingerprint density at radius 3 is 3.00 bits per heavy atom. The number of aliphatic hydroxyl groups is 1. The van der Waals surface area contributed by atoms with E-state index in [1.54, 1.807) is 24.3 Å². The van der Waals surface area contributed by atoms with E-state index in [0.717, 1.165) is 6.29 Å². The first-order chi connectivity index (χ1) is 6.26. The Morgan fingerprint density at radius 1 is 1.62 bits per heavy atom. The minimum atomic E-state index is -0.303. The summed E-state index contributed by atoms with van der Waals surface area (Å²) in [5, 5.41) is 8.97. The van der Waals surface area contributed by atoms with E-state index in [2.05, 4.69) is 10.8 Å². The van der Waals surface area contributed by atoms with Crippen LogP contribution in [0.1, 0.15) is 15.9 Å². The van der Waals surface area contributed by atoms with Gasteiger partial charge in [-0.2, -0.15) is 0 Å². The van der Waals surface area contributed by atoms with E-state index < -0.39 is 0 Å². The summed E-state index contributed by atoms with van der Waals surface area (Å²) < 4.78 is 4.50. The Balaban J connectivity index is 2.95. The normalized spacial score (nSPS) is 10.4. The van der Waals surface area contributed by atoms with Crippen LogP contribution in [0.5, 0.6) is 0 Å². The highest BCUT2D eigenvalue weighted by molar-refractivity contribution is 5.75. The molecule has 0 atom stereocenters. The Kier molecular flexibility index (Phi) is 3.01. The second kappa shape index (κ2) is 4.24. The molecule has 0 aliphatic carbocycles. The summed E-state index contributed by atoms with van der Waals surface area (Å²) in [5.41, 5.74) is 1.14. The van der Waals surface area contributed by atoms with Gasteiger partial charge in [-0.3, -0.25) is 4.79 Å². The molecule has 0 aromatic heterocycles. The van der Waals surface area contributed by atoms with Crippen LogP contribution in [-0.2, 0) is 4.74 Å². The number of hydrogen-bond acceptors (Lipinski definition) is 3.